The van der Waals surface area contributed by atoms with Gasteiger partial charge in [0.2, 0.25) is 0 Å². The van der Waals surface area contributed by atoms with E-state index in [-0.39, 0.29) is 12.6 Å². The SMILES string of the molecule is CC1CCCC(OC(=O)Cn2c(-c3cccc(C(F)(F)F)c3)nc3ccccc32)C1. The van der Waals surface area contributed by atoms with Crippen LogP contribution in [-0.4, -0.2) is 21.6 Å². The molecule has 3 aromatic rings. The molecule has 1 aromatic heterocycles. The predicted molar refractivity (Wildman–Crippen MR) is 108 cm³/mol. The first-order chi connectivity index (χ1) is 14.3. The van der Waals surface area contributed by atoms with Crippen LogP contribution in [0.4, 0.5) is 13.2 Å². The number of hydrogen-bond acceptors (Lipinski definition) is 3. The highest BCUT2D eigenvalue weighted by Crippen LogP contribution is 2.33. The molecule has 0 N–H and O–H groups in total. The Morgan fingerprint density at radius 2 is 1.97 bits per heavy atom. The van der Waals surface area contributed by atoms with Crippen molar-refractivity contribution in [2.45, 2.75) is 51.4 Å². The maximum atomic E-state index is 13.2. The molecule has 1 aliphatic carbocycles. The Balaban J connectivity index is 1.67. The van der Waals surface area contributed by atoms with Crippen LogP contribution in [0.3, 0.4) is 0 Å². The third-order valence-electron chi connectivity index (χ3n) is 5.58. The summed E-state index contributed by atoms with van der Waals surface area (Å²) < 4.78 is 46.9. The molecule has 0 aliphatic heterocycles. The summed E-state index contributed by atoms with van der Waals surface area (Å²) in [6.07, 6.45) is -0.697. The fraction of sp³-hybridized carbons (Fsp3) is 0.391. The van der Waals surface area contributed by atoms with Crippen molar-refractivity contribution in [1.29, 1.82) is 0 Å². The van der Waals surface area contributed by atoms with Crippen molar-refractivity contribution in [3.8, 4) is 11.4 Å². The van der Waals surface area contributed by atoms with E-state index in [4.69, 9.17) is 4.74 Å². The van der Waals surface area contributed by atoms with E-state index in [0.29, 0.717) is 28.3 Å². The third kappa shape index (κ3) is 4.35. The molecule has 0 bridgehead atoms. The van der Waals surface area contributed by atoms with Crippen molar-refractivity contribution >= 4 is 17.0 Å². The van der Waals surface area contributed by atoms with Crippen LogP contribution in [-0.2, 0) is 22.3 Å². The minimum Gasteiger partial charge on any atom is -0.461 e. The Kier molecular flexibility index (Phi) is 5.54. The second-order valence-electron chi connectivity index (χ2n) is 7.97. The number of benzene rings is 2. The van der Waals surface area contributed by atoms with E-state index < -0.39 is 17.7 Å². The Morgan fingerprint density at radius 1 is 1.17 bits per heavy atom. The predicted octanol–water partition coefficient (Wildman–Crippen LogP) is 5.84. The fourth-order valence-corrected chi connectivity index (χ4v) is 4.13. The summed E-state index contributed by atoms with van der Waals surface area (Å²) in [6, 6.07) is 12.2. The first kappa shape index (κ1) is 20.4. The number of para-hydroxylation sites is 2. The number of carbonyl (C=O) groups excluding carboxylic acids is 1. The van der Waals surface area contributed by atoms with Gasteiger partial charge in [-0.05, 0) is 49.4 Å². The summed E-state index contributed by atoms with van der Waals surface area (Å²) in [5.74, 6) is 0.438. The van der Waals surface area contributed by atoms with Crippen LogP contribution in [0.25, 0.3) is 22.4 Å². The molecule has 1 aliphatic rings. The molecule has 4 nitrogen and oxygen atoms in total. The van der Waals surface area contributed by atoms with Crippen LogP contribution in [0.5, 0.6) is 0 Å². The molecular formula is C23H23F3N2O2. The molecule has 1 saturated carbocycles. The number of fused-ring (bicyclic) bond motifs is 1. The normalized spacial score (nSPS) is 19.7. The number of nitrogens with zero attached hydrogens (tertiary/aromatic N) is 2. The molecule has 7 heteroatoms. The highest BCUT2D eigenvalue weighted by atomic mass is 19.4. The minimum absolute atomic E-state index is 0.100. The van der Waals surface area contributed by atoms with Crippen LogP contribution < -0.4 is 0 Å². The van der Waals surface area contributed by atoms with Gasteiger partial charge >= 0.3 is 12.1 Å². The Labute approximate surface area is 172 Å². The van der Waals surface area contributed by atoms with Crippen LogP contribution in [0.1, 0.15) is 38.2 Å². The molecule has 0 saturated heterocycles. The largest absolute Gasteiger partial charge is 0.461 e. The highest BCUT2D eigenvalue weighted by molar-refractivity contribution is 5.83. The van der Waals surface area contributed by atoms with Gasteiger partial charge < -0.3 is 9.30 Å². The lowest BCUT2D eigenvalue weighted by Crippen LogP contribution is -2.26. The average Bonchev–Trinajstić information content (AvgIpc) is 3.06. The van der Waals surface area contributed by atoms with Crippen molar-refractivity contribution in [2.75, 3.05) is 0 Å². The second-order valence-corrected chi connectivity index (χ2v) is 7.97. The quantitative estimate of drug-likeness (QED) is 0.502. The number of ether oxygens (including phenoxy) is 1. The number of imidazole rings is 1. The highest BCUT2D eigenvalue weighted by Gasteiger charge is 2.31. The molecule has 0 amide bonds. The van der Waals surface area contributed by atoms with Gasteiger partial charge in [0.1, 0.15) is 18.5 Å². The molecule has 158 valence electrons. The molecule has 2 unspecified atom stereocenters. The summed E-state index contributed by atoms with van der Waals surface area (Å²) >= 11 is 0. The van der Waals surface area contributed by atoms with E-state index in [9.17, 15) is 18.0 Å². The molecule has 4 rings (SSSR count). The first-order valence-corrected chi connectivity index (χ1v) is 10.1. The third-order valence-corrected chi connectivity index (χ3v) is 5.58. The molecule has 30 heavy (non-hydrogen) atoms. The zero-order valence-corrected chi connectivity index (χ0v) is 16.7. The van der Waals surface area contributed by atoms with Gasteiger partial charge in [0.25, 0.3) is 0 Å². The number of hydrogen-bond donors (Lipinski definition) is 0. The van der Waals surface area contributed by atoms with E-state index in [1.165, 1.54) is 6.07 Å². The van der Waals surface area contributed by atoms with Gasteiger partial charge in [0.15, 0.2) is 0 Å². The van der Waals surface area contributed by atoms with Gasteiger partial charge in [0, 0.05) is 5.56 Å². The Hall–Kier alpha value is -2.83. The lowest BCUT2D eigenvalue weighted by atomic mass is 9.89. The van der Waals surface area contributed by atoms with Crippen molar-refractivity contribution < 1.29 is 22.7 Å². The number of aromatic nitrogens is 2. The maximum Gasteiger partial charge on any atom is 0.416 e. The number of carbonyl (C=O) groups is 1. The number of alkyl halides is 3. The standard InChI is InChI=1S/C23H23F3N2O2/c1-15-6-4-9-18(12-15)30-21(29)14-28-20-11-3-2-10-19(20)27-22(28)16-7-5-8-17(13-16)23(24,25)26/h2-3,5,7-8,10-11,13,15,18H,4,6,9,12,14H2,1H3. The van der Waals surface area contributed by atoms with E-state index >= 15 is 0 Å². The molecular weight excluding hydrogens is 393 g/mol. The van der Waals surface area contributed by atoms with Gasteiger partial charge in [-0.15, -0.1) is 0 Å². The maximum absolute atomic E-state index is 13.2. The number of halogens is 3. The van der Waals surface area contributed by atoms with Gasteiger partial charge in [-0.25, -0.2) is 4.98 Å². The molecule has 1 heterocycles. The summed E-state index contributed by atoms with van der Waals surface area (Å²) in [5.41, 5.74) is 0.848. The van der Waals surface area contributed by atoms with Crippen LogP contribution >= 0.6 is 0 Å². The summed E-state index contributed by atoms with van der Waals surface area (Å²) in [5, 5.41) is 0. The second kappa shape index (κ2) is 8.13. The van der Waals surface area contributed by atoms with Crippen LogP contribution in [0.15, 0.2) is 48.5 Å². The lowest BCUT2D eigenvalue weighted by molar-refractivity contribution is -0.151. The van der Waals surface area contributed by atoms with Crippen LogP contribution in [0, 0.1) is 5.92 Å². The van der Waals surface area contributed by atoms with Gasteiger partial charge in [-0.1, -0.05) is 37.6 Å². The number of rotatable bonds is 4. The monoisotopic (exact) mass is 416 g/mol. The van der Waals surface area contributed by atoms with Crippen molar-refractivity contribution in [3.63, 3.8) is 0 Å². The zero-order valence-electron chi connectivity index (χ0n) is 16.7. The fourth-order valence-electron chi connectivity index (χ4n) is 4.13. The summed E-state index contributed by atoms with van der Waals surface area (Å²) in [4.78, 5) is 17.2. The van der Waals surface area contributed by atoms with Gasteiger partial charge in [-0.2, -0.15) is 13.2 Å². The molecule has 2 aromatic carbocycles. The molecule has 0 radical (unpaired) electrons. The topological polar surface area (TPSA) is 44.1 Å². The smallest absolute Gasteiger partial charge is 0.416 e. The van der Waals surface area contributed by atoms with Crippen molar-refractivity contribution in [2.24, 2.45) is 5.92 Å². The first-order valence-electron chi connectivity index (χ1n) is 10.1. The van der Waals surface area contributed by atoms with Crippen LogP contribution in [0.2, 0.25) is 0 Å². The van der Waals surface area contributed by atoms with Crippen molar-refractivity contribution in [3.05, 3.63) is 54.1 Å². The minimum atomic E-state index is -4.45. The van der Waals surface area contributed by atoms with E-state index in [1.54, 1.807) is 28.8 Å². The Bertz CT molecular complexity index is 1060. The molecule has 0 spiro atoms. The van der Waals surface area contributed by atoms with Gasteiger partial charge in [-0.3, -0.25) is 4.79 Å². The van der Waals surface area contributed by atoms with Gasteiger partial charge in [0.05, 0.1) is 16.6 Å². The lowest BCUT2D eigenvalue weighted by Gasteiger charge is -2.26. The molecule has 1 fully saturated rings. The summed E-state index contributed by atoms with van der Waals surface area (Å²) in [7, 11) is 0. The zero-order chi connectivity index (χ0) is 21.3. The average molecular weight is 416 g/mol. The molecule has 2 atom stereocenters. The number of esters is 1. The van der Waals surface area contributed by atoms with E-state index in [2.05, 4.69) is 11.9 Å². The van der Waals surface area contributed by atoms with E-state index in [1.807, 2.05) is 6.07 Å². The van der Waals surface area contributed by atoms with E-state index in [0.717, 1.165) is 37.8 Å². The summed E-state index contributed by atoms with van der Waals surface area (Å²) in [6.45, 7) is 2.05. The Morgan fingerprint density at radius 3 is 2.73 bits per heavy atom. The van der Waals surface area contributed by atoms with Crippen molar-refractivity contribution in [1.82, 2.24) is 9.55 Å².